The predicted octanol–water partition coefficient (Wildman–Crippen LogP) is 5.06. The van der Waals surface area contributed by atoms with Gasteiger partial charge >= 0.3 is 0 Å². The molecule has 0 atom stereocenters. The van der Waals surface area contributed by atoms with Crippen molar-refractivity contribution >= 4 is 28.8 Å². The summed E-state index contributed by atoms with van der Waals surface area (Å²) in [4.78, 5) is 28.5. The highest BCUT2D eigenvalue weighted by Crippen LogP contribution is 2.30. The minimum absolute atomic E-state index is 0.0870. The van der Waals surface area contributed by atoms with Crippen molar-refractivity contribution in [1.29, 1.82) is 0 Å². The molecule has 0 aliphatic carbocycles. The lowest BCUT2D eigenvalue weighted by Crippen LogP contribution is -2.06. The number of carbonyl (C=O) groups is 2. The number of aryl methyl sites for hydroxylation is 1. The molecule has 4 rings (SSSR count). The molecule has 0 saturated carbocycles. The van der Waals surface area contributed by atoms with Crippen LogP contribution in [0.4, 0.5) is 11.4 Å². The maximum Gasteiger partial charge on any atom is 0.221 e. The van der Waals surface area contributed by atoms with E-state index < -0.39 is 0 Å². The summed E-state index contributed by atoms with van der Waals surface area (Å²) in [6.45, 7) is 3.50. The highest BCUT2D eigenvalue weighted by Gasteiger charge is 2.17. The summed E-state index contributed by atoms with van der Waals surface area (Å²) in [5.41, 5.74) is 7.75. The van der Waals surface area contributed by atoms with Gasteiger partial charge in [0.2, 0.25) is 5.91 Å². The highest BCUT2D eigenvalue weighted by atomic mass is 16.1. The number of anilines is 1. The van der Waals surface area contributed by atoms with E-state index in [1.54, 1.807) is 0 Å². The van der Waals surface area contributed by atoms with Crippen LogP contribution < -0.4 is 5.32 Å². The molecule has 1 N–H and O–H groups in total. The van der Waals surface area contributed by atoms with Crippen LogP contribution in [0.25, 0.3) is 0 Å². The number of amides is 1. The SMILES string of the molecule is CC(=O)Nc1ccc(C2=Nc3cc(CC(=O)c4ccc(C)cc4)ccc3C2)cc1. The van der Waals surface area contributed by atoms with Crippen LogP contribution in [-0.2, 0) is 17.6 Å². The summed E-state index contributed by atoms with van der Waals surface area (Å²) >= 11 is 0. The first-order valence-electron chi connectivity index (χ1n) is 9.65. The van der Waals surface area contributed by atoms with Gasteiger partial charge in [0.25, 0.3) is 0 Å². The number of nitrogens with one attached hydrogen (secondary N) is 1. The Morgan fingerprint density at radius 3 is 2.38 bits per heavy atom. The van der Waals surface area contributed by atoms with Gasteiger partial charge in [-0.05, 0) is 41.8 Å². The Hall–Kier alpha value is -3.53. The smallest absolute Gasteiger partial charge is 0.221 e. The molecular formula is C25H22N2O2. The van der Waals surface area contributed by atoms with E-state index in [4.69, 9.17) is 4.99 Å². The van der Waals surface area contributed by atoms with Gasteiger partial charge in [0.1, 0.15) is 0 Å². The number of benzene rings is 3. The second-order valence-corrected chi connectivity index (χ2v) is 7.42. The Morgan fingerprint density at radius 2 is 1.69 bits per heavy atom. The molecule has 29 heavy (non-hydrogen) atoms. The summed E-state index contributed by atoms with van der Waals surface area (Å²) in [5, 5.41) is 2.77. The van der Waals surface area contributed by atoms with Crippen molar-refractivity contribution in [3.8, 4) is 0 Å². The van der Waals surface area contributed by atoms with Crippen LogP contribution in [0.5, 0.6) is 0 Å². The van der Waals surface area contributed by atoms with Gasteiger partial charge in [0, 0.05) is 31.0 Å². The average molecular weight is 382 g/mol. The molecule has 3 aromatic carbocycles. The van der Waals surface area contributed by atoms with Crippen molar-refractivity contribution in [2.75, 3.05) is 5.32 Å². The Kier molecular flexibility index (Phi) is 5.09. The van der Waals surface area contributed by atoms with Crippen molar-refractivity contribution in [3.05, 3.63) is 94.5 Å². The fourth-order valence-electron chi connectivity index (χ4n) is 3.48. The summed E-state index contributed by atoms with van der Waals surface area (Å²) < 4.78 is 0. The van der Waals surface area contributed by atoms with Gasteiger partial charge in [-0.25, -0.2) is 0 Å². The summed E-state index contributed by atoms with van der Waals surface area (Å²) in [6, 6.07) is 21.5. The van der Waals surface area contributed by atoms with Gasteiger partial charge in [-0.1, -0.05) is 54.1 Å². The second-order valence-electron chi connectivity index (χ2n) is 7.42. The van der Waals surface area contributed by atoms with E-state index in [-0.39, 0.29) is 11.7 Å². The zero-order valence-corrected chi connectivity index (χ0v) is 16.5. The molecule has 4 nitrogen and oxygen atoms in total. The number of Topliss-reactive ketones (excluding diaryl/α,β-unsaturated/α-hetero) is 1. The van der Waals surface area contributed by atoms with Gasteiger partial charge in [0.05, 0.1) is 11.4 Å². The standard InChI is InChI=1S/C25H22N2O2/c1-16-3-6-20(7-4-16)25(29)14-18-5-8-21-15-24(27-23(21)13-18)19-9-11-22(12-10-19)26-17(2)28/h3-13H,14-15H2,1-2H3,(H,26,28). The van der Waals surface area contributed by atoms with Crippen LogP contribution in [0.1, 0.15) is 39.5 Å². The van der Waals surface area contributed by atoms with Crippen LogP contribution in [0.2, 0.25) is 0 Å². The molecule has 0 spiro atoms. The van der Waals surface area contributed by atoms with E-state index in [0.717, 1.165) is 51.3 Å². The number of ketones is 1. The van der Waals surface area contributed by atoms with E-state index in [1.807, 2.05) is 67.6 Å². The lowest BCUT2D eigenvalue weighted by Gasteiger charge is -2.04. The summed E-state index contributed by atoms with van der Waals surface area (Å²) in [7, 11) is 0. The van der Waals surface area contributed by atoms with Gasteiger partial charge in [-0.15, -0.1) is 0 Å². The fraction of sp³-hybridized carbons (Fsp3) is 0.160. The molecular weight excluding hydrogens is 360 g/mol. The summed E-state index contributed by atoms with van der Waals surface area (Å²) in [6.07, 6.45) is 1.13. The number of hydrogen-bond donors (Lipinski definition) is 1. The molecule has 1 heterocycles. The number of nitrogens with zero attached hydrogens (tertiary/aromatic N) is 1. The van der Waals surface area contributed by atoms with E-state index in [0.29, 0.717) is 6.42 Å². The Morgan fingerprint density at radius 1 is 0.966 bits per heavy atom. The van der Waals surface area contributed by atoms with Gasteiger partial charge in [-0.2, -0.15) is 0 Å². The van der Waals surface area contributed by atoms with E-state index in [1.165, 1.54) is 6.92 Å². The van der Waals surface area contributed by atoms with Crippen molar-refractivity contribution in [2.45, 2.75) is 26.7 Å². The second kappa shape index (κ2) is 7.84. The quantitative estimate of drug-likeness (QED) is 0.627. The van der Waals surface area contributed by atoms with Gasteiger partial charge in [0.15, 0.2) is 5.78 Å². The maximum atomic E-state index is 12.6. The Labute approximate surface area is 170 Å². The minimum atomic E-state index is -0.0870. The first kappa shape index (κ1) is 18.8. The minimum Gasteiger partial charge on any atom is -0.326 e. The molecule has 144 valence electrons. The van der Waals surface area contributed by atoms with Gasteiger partial charge < -0.3 is 5.32 Å². The molecule has 0 bridgehead atoms. The average Bonchev–Trinajstić information content (AvgIpc) is 3.12. The third kappa shape index (κ3) is 4.32. The molecule has 0 aromatic heterocycles. The van der Waals surface area contributed by atoms with E-state index in [2.05, 4.69) is 11.4 Å². The normalized spacial score (nSPS) is 12.3. The van der Waals surface area contributed by atoms with Crippen molar-refractivity contribution in [3.63, 3.8) is 0 Å². The molecule has 0 radical (unpaired) electrons. The monoisotopic (exact) mass is 382 g/mol. The van der Waals surface area contributed by atoms with Gasteiger partial charge in [-0.3, -0.25) is 14.6 Å². The molecule has 1 aliphatic rings. The van der Waals surface area contributed by atoms with Crippen LogP contribution in [-0.4, -0.2) is 17.4 Å². The first-order chi connectivity index (χ1) is 14.0. The van der Waals surface area contributed by atoms with Crippen molar-refractivity contribution < 1.29 is 9.59 Å². The Balaban J connectivity index is 1.50. The third-order valence-corrected chi connectivity index (χ3v) is 5.04. The number of aliphatic imine (C=N–C) groups is 1. The van der Waals surface area contributed by atoms with Crippen LogP contribution in [0.15, 0.2) is 71.7 Å². The van der Waals surface area contributed by atoms with E-state index >= 15 is 0 Å². The van der Waals surface area contributed by atoms with Crippen molar-refractivity contribution in [2.24, 2.45) is 4.99 Å². The van der Waals surface area contributed by atoms with Crippen LogP contribution in [0, 0.1) is 6.92 Å². The lowest BCUT2D eigenvalue weighted by atomic mass is 9.99. The van der Waals surface area contributed by atoms with Crippen LogP contribution >= 0.6 is 0 Å². The number of hydrogen-bond acceptors (Lipinski definition) is 3. The molecule has 0 unspecified atom stereocenters. The molecule has 0 fully saturated rings. The topological polar surface area (TPSA) is 58.5 Å². The number of rotatable bonds is 5. The zero-order valence-electron chi connectivity index (χ0n) is 16.5. The molecule has 1 amide bonds. The van der Waals surface area contributed by atoms with Crippen molar-refractivity contribution in [1.82, 2.24) is 0 Å². The predicted molar refractivity (Wildman–Crippen MR) is 116 cm³/mol. The number of carbonyl (C=O) groups excluding carboxylic acids is 2. The lowest BCUT2D eigenvalue weighted by molar-refractivity contribution is -0.114. The molecule has 1 aliphatic heterocycles. The van der Waals surface area contributed by atoms with E-state index in [9.17, 15) is 9.59 Å². The summed E-state index contributed by atoms with van der Waals surface area (Å²) in [5.74, 6) is 0.0248. The fourth-order valence-corrected chi connectivity index (χ4v) is 3.48. The highest BCUT2D eigenvalue weighted by molar-refractivity contribution is 6.07. The zero-order chi connectivity index (χ0) is 20.4. The number of fused-ring (bicyclic) bond motifs is 1. The Bertz CT molecular complexity index is 1110. The molecule has 0 saturated heterocycles. The maximum absolute atomic E-state index is 12.6. The first-order valence-corrected chi connectivity index (χ1v) is 9.65. The van der Waals surface area contributed by atoms with Crippen LogP contribution in [0.3, 0.4) is 0 Å². The molecule has 4 heteroatoms. The largest absolute Gasteiger partial charge is 0.326 e. The molecule has 3 aromatic rings. The third-order valence-electron chi connectivity index (χ3n) is 5.04.